The first kappa shape index (κ1) is 20.7. The molecule has 4 heterocycles. The van der Waals surface area contributed by atoms with Crippen molar-refractivity contribution in [3.8, 4) is 11.3 Å². The van der Waals surface area contributed by atoms with Crippen molar-refractivity contribution in [2.45, 2.75) is 32.2 Å². The van der Waals surface area contributed by atoms with Gasteiger partial charge >= 0.3 is 0 Å². The van der Waals surface area contributed by atoms with Crippen LogP contribution in [0, 0.1) is 5.92 Å². The van der Waals surface area contributed by atoms with Crippen LogP contribution >= 0.6 is 0 Å². The van der Waals surface area contributed by atoms with Gasteiger partial charge in [-0.1, -0.05) is 6.07 Å². The number of aromatic nitrogens is 3. The Kier molecular flexibility index (Phi) is 5.99. The topological polar surface area (TPSA) is 96.4 Å². The van der Waals surface area contributed by atoms with Gasteiger partial charge in [0.05, 0.1) is 29.4 Å². The number of sulfone groups is 1. The summed E-state index contributed by atoms with van der Waals surface area (Å²) in [6.45, 7) is 2.20. The number of carbonyl (C=O) groups excluding carboxylic acids is 1. The van der Waals surface area contributed by atoms with E-state index in [1.54, 1.807) is 24.3 Å². The summed E-state index contributed by atoms with van der Waals surface area (Å²) in [5, 5.41) is 0. The molecule has 0 spiro atoms. The number of nitrogens with zero attached hydrogens (tertiary/aromatic N) is 5. The molecule has 2 saturated heterocycles. The molecule has 2 aromatic rings. The van der Waals surface area contributed by atoms with Crippen LogP contribution in [0.4, 0.5) is 5.95 Å². The van der Waals surface area contributed by atoms with E-state index in [0.29, 0.717) is 18.9 Å². The fourth-order valence-electron chi connectivity index (χ4n) is 4.08. The molecule has 2 aliphatic heterocycles. The van der Waals surface area contributed by atoms with Crippen molar-refractivity contribution in [2.24, 2.45) is 5.92 Å². The molecule has 0 saturated carbocycles. The largest absolute Gasteiger partial charge is 0.341 e. The third kappa shape index (κ3) is 4.77. The summed E-state index contributed by atoms with van der Waals surface area (Å²) in [4.78, 5) is 30.3. The van der Waals surface area contributed by atoms with Crippen molar-refractivity contribution in [1.29, 1.82) is 0 Å². The van der Waals surface area contributed by atoms with Gasteiger partial charge in [-0.05, 0) is 37.3 Å². The lowest BCUT2D eigenvalue weighted by atomic mass is 10.0. The molecule has 1 amide bonds. The molecule has 0 aliphatic carbocycles. The van der Waals surface area contributed by atoms with Gasteiger partial charge in [0, 0.05) is 44.5 Å². The van der Waals surface area contributed by atoms with Gasteiger partial charge in [0.1, 0.15) is 0 Å². The molecular weight excluding hydrogens is 402 g/mol. The van der Waals surface area contributed by atoms with Crippen molar-refractivity contribution >= 4 is 21.7 Å². The van der Waals surface area contributed by atoms with E-state index in [1.807, 2.05) is 18.2 Å². The molecule has 0 N–H and O–H groups in total. The van der Waals surface area contributed by atoms with Gasteiger partial charge in [0.2, 0.25) is 11.9 Å². The minimum Gasteiger partial charge on any atom is -0.341 e. The van der Waals surface area contributed by atoms with Gasteiger partial charge < -0.3 is 9.80 Å². The van der Waals surface area contributed by atoms with Crippen molar-refractivity contribution in [3.63, 3.8) is 0 Å². The lowest BCUT2D eigenvalue weighted by Crippen LogP contribution is -2.29. The van der Waals surface area contributed by atoms with Gasteiger partial charge in [-0.2, -0.15) is 0 Å². The Labute approximate surface area is 177 Å². The number of carbonyl (C=O) groups is 1. The molecule has 30 heavy (non-hydrogen) atoms. The molecule has 4 rings (SSSR count). The molecule has 0 radical (unpaired) electrons. The molecule has 1 atom stereocenters. The van der Waals surface area contributed by atoms with E-state index in [1.165, 1.54) is 0 Å². The van der Waals surface area contributed by atoms with Crippen LogP contribution in [0.25, 0.3) is 11.3 Å². The summed E-state index contributed by atoms with van der Waals surface area (Å²) in [6.07, 6.45) is 6.59. The van der Waals surface area contributed by atoms with E-state index in [9.17, 15) is 13.2 Å². The maximum absolute atomic E-state index is 12.8. The molecule has 2 aliphatic rings. The van der Waals surface area contributed by atoms with Crippen LogP contribution in [0.1, 0.15) is 31.4 Å². The average Bonchev–Trinajstić information content (AvgIpc) is 3.38. The Morgan fingerprint density at radius 2 is 2.03 bits per heavy atom. The standard InChI is InChI=1S/C21H27N5O3S/c1-25(20(27)12-16-7-11-30(28,29)15-16)14-19-17(18-6-2-3-8-22-18)13-23-21(24-19)26-9-4-5-10-26/h2-3,6,8,13,16H,4-5,7,9-12,14-15H2,1H3. The fourth-order valence-corrected chi connectivity index (χ4v) is 5.94. The van der Waals surface area contributed by atoms with Crippen LogP contribution < -0.4 is 4.90 Å². The molecular formula is C21H27N5O3S. The second-order valence-corrected chi connectivity index (χ2v) is 10.4. The smallest absolute Gasteiger partial charge is 0.225 e. The van der Waals surface area contributed by atoms with Crippen LogP contribution in [0.2, 0.25) is 0 Å². The van der Waals surface area contributed by atoms with E-state index in [0.717, 1.165) is 42.9 Å². The van der Waals surface area contributed by atoms with Crippen LogP contribution in [0.15, 0.2) is 30.6 Å². The Morgan fingerprint density at radius 1 is 1.23 bits per heavy atom. The molecule has 160 valence electrons. The molecule has 2 fully saturated rings. The van der Waals surface area contributed by atoms with Crippen molar-refractivity contribution in [2.75, 3.05) is 36.5 Å². The average molecular weight is 430 g/mol. The first-order chi connectivity index (χ1) is 14.4. The van der Waals surface area contributed by atoms with Crippen LogP contribution in [0.3, 0.4) is 0 Å². The van der Waals surface area contributed by atoms with E-state index < -0.39 is 9.84 Å². The maximum atomic E-state index is 12.8. The highest BCUT2D eigenvalue weighted by molar-refractivity contribution is 7.91. The van der Waals surface area contributed by atoms with Crippen LogP contribution in [-0.4, -0.2) is 65.8 Å². The zero-order valence-corrected chi connectivity index (χ0v) is 18.0. The lowest BCUT2D eigenvalue weighted by molar-refractivity contribution is -0.131. The number of hydrogen-bond acceptors (Lipinski definition) is 7. The second-order valence-electron chi connectivity index (χ2n) is 8.16. The highest BCUT2D eigenvalue weighted by atomic mass is 32.2. The van der Waals surface area contributed by atoms with Crippen molar-refractivity contribution in [1.82, 2.24) is 19.9 Å². The number of pyridine rings is 1. The Morgan fingerprint density at radius 3 is 2.70 bits per heavy atom. The monoisotopic (exact) mass is 429 g/mol. The molecule has 1 unspecified atom stereocenters. The number of anilines is 1. The van der Waals surface area contributed by atoms with E-state index in [-0.39, 0.29) is 29.8 Å². The fraction of sp³-hybridized carbons (Fsp3) is 0.524. The quantitative estimate of drug-likeness (QED) is 0.692. The maximum Gasteiger partial charge on any atom is 0.225 e. The summed E-state index contributed by atoms with van der Waals surface area (Å²) in [6, 6.07) is 5.67. The zero-order chi connectivity index (χ0) is 21.1. The minimum absolute atomic E-state index is 0.0644. The number of hydrogen-bond donors (Lipinski definition) is 0. The summed E-state index contributed by atoms with van der Waals surface area (Å²) in [7, 11) is -1.25. The summed E-state index contributed by atoms with van der Waals surface area (Å²) in [5.74, 6) is 0.822. The van der Waals surface area contributed by atoms with Gasteiger partial charge in [-0.15, -0.1) is 0 Å². The molecule has 8 nitrogen and oxygen atoms in total. The van der Waals surface area contributed by atoms with Crippen molar-refractivity contribution < 1.29 is 13.2 Å². The van der Waals surface area contributed by atoms with Crippen LogP contribution in [0.5, 0.6) is 0 Å². The predicted molar refractivity (Wildman–Crippen MR) is 115 cm³/mol. The normalized spacial score (nSPS) is 20.4. The number of amides is 1. The van der Waals surface area contributed by atoms with E-state index in [2.05, 4.69) is 14.9 Å². The van der Waals surface area contributed by atoms with E-state index >= 15 is 0 Å². The lowest BCUT2D eigenvalue weighted by Gasteiger charge is -2.22. The minimum atomic E-state index is -2.99. The van der Waals surface area contributed by atoms with Crippen LogP contribution in [-0.2, 0) is 21.2 Å². The van der Waals surface area contributed by atoms with E-state index in [4.69, 9.17) is 4.98 Å². The third-order valence-electron chi connectivity index (χ3n) is 5.79. The van der Waals surface area contributed by atoms with Gasteiger partial charge in [-0.25, -0.2) is 18.4 Å². The Bertz CT molecular complexity index is 1010. The Hall–Kier alpha value is -2.55. The molecule has 9 heteroatoms. The number of rotatable bonds is 6. The highest BCUT2D eigenvalue weighted by Crippen LogP contribution is 2.26. The summed E-state index contributed by atoms with van der Waals surface area (Å²) < 4.78 is 23.4. The predicted octanol–water partition coefficient (Wildman–Crippen LogP) is 1.92. The molecule has 0 aromatic carbocycles. The third-order valence-corrected chi connectivity index (χ3v) is 7.62. The first-order valence-corrected chi connectivity index (χ1v) is 12.2. The SMILES string of the molecule is CN(Cc1nc(N2CCCC2)ncc1-c1ccccn1)C(=O)CC1CCS(=O)(=O)C1. The second kappa shape index (κ2) is 8.67. The summed E-state index contributed by atoms with van der Waals surface area (Å²) in [5.41, 5.74) is 2.32. The van der Waals surface area contributed by atoms with Gasteiger partial charge in [-0.3, -0.25) is 9.78 Å². The zero-order valence-electron chi connectivity index (χ0n) is 17.2. The molecule has 2 aromatic heterocycles. The molecule has 0 bridgehead atoms. The highest BCUT2D eigenvalue weighted by Gasteiger charge is 2.30. The Balaban J connectivity index is 1.54. The van der Waals surface area contributed by atoms with Gasteiger partial charge in [0.25, 0.3) is 0 Å². The summed E-state index contributed by atoms with van der Waals surface area (Å²) >= 11 is 0. The van der Waals surface area contributed by atoms with Crippen molar-refractivity contribution in [3.05, 3.63) is 36.3 Å². The first-order valence-electron chi connectivity index (χ1n) is 10.4. The van der Waals surface area contributed by atoms with Gasteiger partial charge in [0.15, 0.2) is 9.84 Å².